The van der Waals surface area contributed by atoms with Gasteiger partial charge in [0.25, 0.3) is 0 Å². The minimum absolute atomic E-state index is 0.144. The molecule has 0 spiro atoms. The van der Waals surface area contributed by atoms with Gasteiger partial charge in [-0.05, 0) is 24.3 Å². The predicted octanol–water partition coefficient (Wildman–Crippen LogP) is -1.55. The average Bonchev–Trinajstić information content (AvgIpc) is 2.93. The van der Waals surface area contributed by atoms with Crippen LogP contribution in [0.25, 0.3) is 0 Å². The van der Waals surface area contributed by atoms with E-state index in [0.717, 1.165) is 0 Å². The maximum absolute atomic E-state index is 11.1. The molecule has 0 amide bonds. The highest BCUT2D eigenvalue weighted by atomic mass is 16.7. The van der Waals surface area contributed by atoms with Crippen molar-refractivity contribution in [3.8, 4) is 0 Å². The zero-order chi connectivity index (χ0) is 26.8. The Morgan fingerprint density at radius 1 is 0.892 bits per heavy atom. The minimum atomic E-state index is -1.80. The van der Waals surface area contributed by atoms with Gasteiger partial charge in [0, 0.05) is 0 Å². The van der Waals surface area contributed by atoms with Gasteiger partial charge in [-0.2, -0.15) is 10.2 Å². The van der Waals surface area contributed by atoms with Gasteiger partial charge in [0.15, 0.2) is 6.29 Å². The molecule has 1 heterocycles. The Hall–Kier alpha value is -2.98. The van der Waals surface area contributed by atoms with Crippen LogP contribution < -0.4 is 10.9 Å². The Bertz CT molecular complexity index is 996. The Kier molecular flexibility index (Phi) is 10.9. The summed E-state index contributed by atoms with van der Waals surface area (Å²) >= 11 is 0. The van der Waals surface area contributed by atoms with Crippen molar-refractivity contribution in [1.29, 1.82) is 0 Å². The number of hydrogen-bond acceptors (Lipinski definition) is 13. The number of aliphatic hydroxyl groups excluding tert-OH is 7. The highest BCUT2D eigenvalue weighted by Gasteiger charge is 2.46. The molecule has 8 atom stereocenters. The molecule has 2 aromatic carbocycles. The van der Waals surface area contributed by atoms with E-state index in [4.69, 9.17) is 9.47 Å². The number of nitrogens with one attached hydrogen (secondary N) is 2. The minimum Gasteiger partial charge on any atom is -0.394 e. The molecule has 0 aromatic heterocycles. The van der Waals surface area contributed by atoms with Crippen LogP contribution in [0.3, 0.4) is 0 Å². The molecular formula is C24H32N4O9. The summed E-state index contributed by atoms with van der Waals surface area (Å²) in [6, 6.07) is 17.7. The van der Waals surface area contributed by atoms with E-state index < -0.39 is 62.2 Å². The van der Waals surface area contributed by atoms with Gasteiger partial charge in [-0.3, -0.25) is 10.9 Å². The van der Waals surface area contributed by atoms with Crippen LogP contribution in [0.2, 0.25) is 0 Å². The molecule has 1 saturated heterocycles. The first-order chi connectivity index (χ1) is 17.8. The van der Waals surface area contributed by atoms with Crippen molar-refractivity contribution < 1.29 is 45.2 Å². The molecule has 3 rings (SSSR count). The zero-order valence-corrected chi connectivity index (χ0v) is 19.7. The normalized spacial score (nSPS) is 27.0. The van der Waals surface area contributed by atoms with Crippen molar-refractivity contribution in [1.82, 2.24) is 0 Å². The van der Waals surface area contributed by atoms with Gasteiger partial charge in [-0.1, -0.05) is 36.4 Å². The molecular weight excluding hydrogens is 488 g/mol. The van der Waals surface area contributed by atoms with Crippen LogP contribution in [0, 0.1) is 0 Å². The monoisotopic (exact) mass is 520 g/mol. The second kappa shape index (κ2) is 14.1. The molecule has 0 bridgehead atoms. The molecule has 0 aliphatic carbocycles. The Balaban J connectivity index is 1.85. The predicted molar refractivity (Wildman–Crippen MR) is 134 cm³/mol. The number of anilines is 2. The van der Waals surface area contributed by atoms with Crippen molar-refractivity contribution in [3.63, 3.8) is 0 Å². The summed E-state index contributed by atoms with van der Waals surface area (Å²) in [4.78, 5) is 0. The number of benzene rings is 2. The lowest BCUT2D eigenvalue weighted by Crippen LogP contribution is -2.61. The molecule has 37 heavy (non-hydrogen) atoms. The second-order valence-corrected chi connectivity index (χ2v) is 8.24. The maximum atomic E-state index is 11.1. The van der Waals surface area contributed by atoms with Crippen LogP contribution in [0.4, 0.5) is 11.4 Å². The van der Waals surface area contributed by atoms with Crippen molar-refractivity contribution in [2.24, 2.45) is 10.2 Å². The van der Waals surface area contributed by atoms with E-state index in [-0.39, 0.29) is 5.71 Å². The molecule has 13 nitrogen and oxygen atoms in total. The number of ether oxygens (including phenoxy) is 2. The SMILES string of the molecule is OC[C@@H](O)[C@@H](O[C@H]1O[C@H](CO)[C@@H](O)[C@H](O)[C@H]1O)[C@H](O)C(/C=N/Nc1ccccc1)=N\Nc1ccccc1. The third kappa shape index (κ3) is 7.75. The van der Waals surface area contributed by atoms with Crippen molar-refractivity contribution in [2.75, 3.05) is 24.1 Å². The smallest absolute Gasteiger partial charge is 0.187 e. The van der Waals surface area contributed by atoms with Crippen molar-refractivity contribution in [2.45, 2.75) is 49.0 Å². The van der Waals surface area contributed by atoms with Gasteiger partial charge in [0.05, 0.1) is 30.8 Å². The molecule has 0 radical (unpaired) electrons. The summed E-state index contributed by atoms with van der Waals surface area (Å²) < 4.78 is 10.9. The van der Waals surface area contributed by atoms with Crippen molar-refractivity contribution in [3.05, 3.63) is 60.7 Å². The molecule has 0 unspecified atom stereocenters. The Morgan fingerprint density at radius 2 is 1.49 bits per heavy atom. The first kappa shape index (κ1) is 28.6. The Labute approximate surface area is 212 Å². The molecule has 202 valence electrons. The fraction of sp³-hybridized carbons (Fsp3) is 0.417. The van der Waals surface area contributed by atoms with Gasteiger partial charge < -0.3 is 45.2 Å². The number of rotatable bonds is 12. The third-order valence-electron chi connectivity index (χ3n) is 5.57. The van der Waals surface area contributed by atoms with E-state index >= 15 is 0 Å². The topological polar surface area (TPSA) is 209 Å². The van der Waals surface area contributed by atoms with Gasteiger partial charge >= 0.3 is 0 Å². The molecule has 1 aliphatic rings. The van der Waals surface area contributed by atoms with Gasteiger partial charge in [-0.15, -0.1) is 0 Å². The second-order valence-electron chi connectivity index (χ2n) is 8.24. The fourth-order valence-electron chi connectivity index (χ4n) is 3.48. The highest BCUT2D eigenvalue weighted by molar-refractivity contribution is 6.33. The van der Waals surface area contributed by atoms with E-state index in [0.29, 0.717) is 11.4 Å². The van der Waals surface area contributed by atoms with Crippen LogP contribution in [-0.2, 0) is 9.47 Å². The summed E-state index contributed by atoms with van der Waals surface area (Å²) in [6.45, 7) is -1.55. The van der Waals surface area contributed by atoms with Gasteiger partial charge in [0.2, 0.25) is 0 Å². The van der Waals surface area contributed by atoms with E-state index in [1.54, 1.807) is 54.6 Å². The molecule has 13 heteroatoms. The van der Waals surface area contributed by atoms with E-state index in [9.17, 15) is 35.7 Å². The average molecular weight is 521 g/mol. The standard InChI is InChI=1S/C24H32N4O9/c29-12-17(31)23(37-24-22(35)21(34)20(33)18(13-30)36-24)19(32)16(28-27-15-9-5-2-6-10-15)11-25-26-14-7-3-1-4-8-14/h1-11,17-24,26-27,29-35H,12-13H2/b25-11+,28-16-/t17-,18-,19-,20-,21+,22-,23-,24-/m1/s1. The Morgan fingerprint density at radius 3 is 2.05 bits per heavy atom. The zero-order valence-electron chi connectivity index (χ0n) is 19.7. The van der Waals surface area contributed by atoms with Crippen LogP contribution in [0.15, 0.2) is 70.9 Å². The maximum Gasteiger partial charge on any atom is 0.187 e. The van der Waals surface area contributed by atoms with Crippen LogP contribution >= 0.6 is 0 Å². The number of nitrogens with zero attached hydrogens (tertiary/aromatic N) is 2. The molecule has 0 saturated carbocycles. The number of hydrogen-bond donors (Lipinski definition) is 9. The van der Waals surface area contributed by atoms with E-state index in [2.05, 4.69) is 21.1 Å². The lowest BCUT2D eigenvalue weighted by atomic mass is 9.98. The summed E-state index contributed by atoms with van der Waals surface area (Å²) in [5, 5.41) is 79.1. The summed E-state index contributed by atoms with van der Waals surface area (Å²) in [7, 11) is 0. The van der Waals surface area contributed by atoms with Crippen molar-refractivity contribution >= 4 is 23.3 Å². The van der Waals surface area contributed by atoms with Crippen LogP contribution in [0.1, 0.15) is 0 Å². The summed E-state index contributed by atoms with van der Waals surface area (Å²) in [5.74, 6) is 0. The summed E-state index contributed by atoms with van der Waals surface area (Å²) in [6.07, 6.45) is -12.1. The number of aliphatic hydroxyl groups is 7. The number of hydrazone groups is 2. The van der Waals surface area contributed by atoms with Crippen LogP contribution in [0.5, 0.6) is 0 Å². The molecule has 1 aliphatic heterocycles. The quantitative estimate of drug-likeness (QED) is 0.116. The fourth-order valence-corrected chi connectivity index (χ4v) is 3.48. The number of para-hydroxylation sites is 2. The van der Waals surface area contributed by atoms with Gasteiger partial charge in [-0.25, -0.2) is 0 Å². The highest BCUT2D eigenvalue weighted by Crippen LogP contribution is 2.24. The molecule has 2 aromatic rings. The molecule has 1 fully saturated rings. The third-order valence-corrected chi connectivity index (χ3v) is 5.57. The lowest BCUT2D eigenvalue weighted by Gasteiger charge is -2.41. The van der Waals surface area contributed by atoms with E-state index in [1.165, 1.54) is 6.21 Å². The van der Waals surface area contributed by atoms with E-state index in [1.807, 2.05) is 6.07 Å². The lowest BCUT2D eigenvalue weighted by molar-refractivity contribution is -0.322. The largest absolute Gasteiger partial charge is 0.394 e. The summed E-state index contributed by atoms with van der Waals surface area (Å²) in [5.41, 5.74) is 6.59. The first-order valence-electron chi connectivity index (χ1n) is 11.5. The van der Waals surface area contributed by atoms with Crippen LogP contribution in [-0.4, -0.2) is 110 Å². The molecule has 9 N–H and O–H groups in total. The first-order valence-corrected chi connectivity index (χ1v) is 11.5. The van der Waals surface area contributed by atoms with Gasteiger partial charge in [0.1, 0.15) is 48.4 Å².